The van der Waals surface area contributed by atoms with Gasteiger partial charge in [0, 0.05) is 29.6 Å². The van der Waals surface area contributed by atoms with Crippen molar-refractivity contribution in [2.24, 2.45) is 0 Å². The summed E-state index contributed by atoms with van der Waals surface area (Å²) in [5.41, 5.74) is 0. The molecule has 0 fully saturated rings. The minimum atomic E-state index is 0. The zero-order valence-corrected chi connectivity index (χ0v) is 9.12. The summed E-state index contributed by atoms with van der Waals surface area (Å²) in [5, 5.41) is 1.48. The van der Waals surface area contributed by atoms with Crippen molar-refractivity contribution >= 4 is 45.8 Å². The Balaban J connectivity index is 0. The average molecular weight is 109 g/mol. The molecule has 0 atom stereocenters. The van der Waals surface area contributed by atoms with Gasteiger partial charge in [-0.05, 0) is 0 Å². The smallest absolute Gasteiger partial charge is 0.101 e. The van der Waals surface area contributed by atoms with E-state index in [9.17, 15) is 0 Å². The topological polar surface area (TPSA) is 0 Å². The first kappa shape index (κ1) is 10.5. The second-order valence-corrected chi connectivity index (χ2v) is 2.35. The maximum Gasteiger partial charge on any atom is 0.211 e. The van der Waals surface area contributed by atoms with Crippen LogP contribution in [-0.2, 0) is 0 Å². The molecule has 0 aliphatic carbocycles. The Morgan fingerprint density at radius 3 is 2.00 bits per heavy atom. The molecule has 0 spiro atoms. The standard InChI is InChI=1S/C4H9.Al.Na.2H/c1-3-4-2;;;;/h1,3-4H2,2H3;;;;. The van der Waals surface area contributed by atoms with Crippen LogP contribution in [0.3, 0.4) is 0 Å². The summed E-state index contributed by atoms with van der Waals surface area (Å²) in [6, 6.07) is 0. The second kappa shape index (κ2) is 9.73. The van der Waals surface area contributed by atoms with Crippen molar-refractivity contribution in [3.05, 3.63) is 0 Å². The zero-order chi connectivity index (χ0) is 4.12. The molecule has 0 aliphatic heterocycles. The Hall–Kier alpha value is 1.53. The first-order chi connectivity index (χ1) is 2.41. The van der Waals surface area contributed by atoms with Gasteiger partial charge in [0.25, 0.3) is 0 Å². The third kappa shape index (κ3) is 9.11. The van der Waals surface area contributed by atoms with Crippen LogP contribution in [-0.4, -0.2) is 45.8 Å². The van der Waals surface area contributed by atoms with Gasteiger partial charge in [-0.3, -0.25) is 0 Å². The van der Waals surface area contributed by atoms with Crippen molar-refractivity contribution in [1.82, 2.24) is 0 Å². The third-order valence-electron chi connectivity index (χ3n) is 0.707. The van der Waals surface area contributed by atoms with Crippen LogP contribution < -0.4 is 0 Å². The molecule has 0 nitrogen and oxygen atoms in total. The van der Waals surface area contributed by atoms with E-state index in [1.165, 1.54) is 34.4 Å². The molecular formula is C4H11AlNa. The maximum absolute atomic E-state index is 2.23. The number of unbranched alkanes of at least 4 members (excludes halogenated alkanes) is 1. The number of rotatable bonds is 2. The molecule has 0 unspecified atom stereocenters. The Morgan fingerprint density at radius 2 is 2.00 bits per heavy atom. The molecule has 0 N–H and O–H groups in total. The predicted molar refractivity (Wildman–Crippen MR) is 34.0 cm³/mol. The van der Waals surface area contributed by atoms with Crippen molar-refractivity contribution in [3.8, 4) is 0 Å². The first-order valence-electron chi connectivity index (χ1n) is 2.41. The molecule has 0 saturated heterocycles. The van der Waals surface area contributed by atoms with Crippen LogP contribution >= 0.6 is 0 Å². The van der Waals surface area contributed by atoms with E-state index in [1.54, 1.807) is 0 Å². The molecule has 0 rings (SSSR count). The van der Waals surface area contributed by atoms with E-state index in [2.05, 4.69) is 6.92 Å². The van der Waals surface area contributed by atoms with Crippen LogP contribution in [0.4, 0.5) is 0 Å². The van der Waals surface area contributed by atoms with Gasteiger partial charge in [0.05, 0.1) is 0 Å². The van der Waals surface area contributed by atoms with Crippen LogP contribution in [0.2, 0.25) is 5.28 Å². The fourth-order valence-electron chi connectivity index (χ4n) is 0.354. The molecule has 0 aromatic carbocycles. The van der Waals surface area contributed by atoms with Crippen LogP contribution in [0.1, 0.15) is 19.8 Å². The minimum Gasteiger partial charge on any atom is -0.101 e. The molecule has 0 bridgehead atoms. The number of hydrogen-bond acceptors (Lipinski definition) is 0. The molecule has 1 radical (unpaired) electrons. The molecule has 0 aliphatic rings. The van der Waals surface area contributed by atoms with E-state index in [4.69, 9.17) is 0 Å². The zero-order valence-electron chi connectivity index (χ0n) is 5.12. The van der Waals surface area contributed by atoms with E-state index in [0.717, 1.165) is 0 Å². The molecule has 0 aromatic heterocycles. The van der Waals surface area contributed by atoms with Crippen molar-refractivity contribution in [2.45, 2.75) is 25.0 Å². The van der Waals surface area contributed by atoms with Crippen molar-refractivity contribution in [2.75, 3.05) is 0 Å². The van der Waals surface area contributed by atoms with Gasteiger partial charge >= 0.3 is 0 Å². The fraction of sp³-hybridized carbons (Fsp3) is 1.00. The van der Waals surface area contributed by atoms with Crippen LogP contribution in [0.15, 0.2) is 0 Å². The normalized spacial score (nSPS) is 6.83. The van der Waals surface area contributed by atoms with Crippen molar-refractivity contribution in [3.63, 3.8) is 0 Å². The number of hydrogen-bond donors (Lipinski definition) is 0. The largest absolute Gasteiger partial charge is 0.211 e. The molecular weight excluding hydrogens is 98.0 g/mol. The van der Waals surface area contributed by atoms with E-state index in [1.807, 2.05) is 0 Å². The fourth-order valence-corrected chi connectivity index (χ4v) is 1.06. The summed E-state index contributed by atoms with van der Waals surface area (Å²) < 4.78 is 0. The average Bonchev–Trinajstić information content (AvgIpc) is 1.41. The van der Waals surface area contributed by atoms with Gasteiger partial charge in [-0.15, -0.1) is 5.28 Å². The molecule has 2 heteroatoms. The van der Waals surface area contributed by atoms with Gasteiger partial charge in [0.2, 0.25) is 16.3 Å². The molecule has 6 heavy (non-hydrogen) atoms. The Bertz CT molecular complexity index is 15.0. The summed E-state index contributed by atoms with van der Waals surface area (Å²) in [6.45, 7) is 2.23. The Kier molecular flexibility index (Phi) is 17.0. The maximum atomic E-state index is 2.23. The molecule has 0 amide bonds. The van der Waals surface area contributed by atoms with Crippen molar-refractivity contribution < 1.29 is 0 Å². The SMILES string of the molecule is CCC[CH2][AlH2].[Na]. The van der Waals surface area contributed by atoms with E-state index in [0.29, 0.717) is 0 Å². The minimum absolute atomic E-state index is 0. The third-order valence-corrected chi connectivity index (χ3v) is 1.41. The summed E-state index contributed by atoms with van der Waals surface area (Å²) in [7, 11) is 0. The molecule has 0 heterocycles. The van der Waals surface area contributed by atoms with Gasteiger partial charge in [-0.1, -0.05) is 19.8 Å². The predicted octanol–water partition coefficient (Wildman–Crippen LogP) is 0.457. The Labute approximate surface area is 70.4 Å². The van der Waals surface area contributed by atoms with Gasteiger partial charge in [0.15, 0.2) is 0 Å². The van der Waals surface area contributed by atoms with Gasteiger partial charge in [-0.2, -0.15) is 0 Å². The summed E-state index contributed by atoms with van der Waals surface area (Å²) in [6.07, 6.45) is 2.83. The van der Waals surface area contributed by atoms with Crippen LogP contribution in [0.25, 0.3) is 0 Å². The van der Waals surface area contributed by atoms with Gasteiger partial charge in [0.1, 0.15) is 0 Å². The monoisotopic (exact) mass is 109 g/mol. The quantitative estimate of drug-likeness (QED) is 0.452. The summed E-state index contributed by atoms with van der Waals surface area (Å²) >= 11 is 1.40. The molecule has 0 saturated carbocycles. The van der Waals surface area contributed by atoms with Crippen LogP contribution in [0.5, 0.6) is 0 Å². The first-order valence-corrected chi connectivity index (χ1v) is 3.83. The van der Waals surface area contributed by atoms with E-state index in [-0.39, 0.29) is 29.6 Å². The molecule has 0 aromatic rings. The van der Waals surface area contributed by atoms with Crippen molar-refractivity contribution in [1.29, 1.82) is 0 Å². The second-order valence-electron chi connectivity index (χ2n) is 1.35. The summed E-state index contributed by atoms with van der Waals surface area (Å²) in [4.78, 5) is 0. The Morgan fingerprint density at radius 1 is 1.50 bits per heavy atom. The van der Waals surface area contributed by atoms with E-state index < -0.39 is 0 Å². The van der Waals surface area contributed by atoms with Crippen LogP contribution in [0, 0.1) is 0 Å². The summed E-state index contributed by atoms with van der Waals surface area (Å²) in [5.74, 6) is 0. The van der Waals surface area contributed by atoms with Gasteiger partial charge in [-0.25, -0.2) is 0 Å². The van der Waals surface area contributed by atoms with Gasteiger partial charge < -0.3 is 0 Å². The van der Waals surface area contributed by atoms with E-state index >= 15 is 0 Å². The molecule has 31 valence electrons.